The monoisotopic (exact) mass is 496 g/mol. The Morgan fingerprint density at radius 1 is 1.33 bits per heavy atom. The summed E-state index contributed by atoms with van der Waals surface area (Å²) in [5.41, 5.74) is -0.222. The lowest BCUT2D eigenvalue weighted by Gasteiger charge is -2.34. The molecule has 0 spiro atoms. The summed E-state index contributed by atoms with van der Waals surface area (Å²) in [7, 11) is 0. The number of nitrogens with zero attached hydrogens (tertiary/aromatic N) is 4. The van der Waals surface area contributed by atoms with Crippen LogP contribution in [0.25, 0.3) is 0 Å². The first-order chi connectivity index (χ1) is 15.5. The van der Waals surface area contributed by atoms with E-state index in [1.54, 1.807) is 23.1 Å². The molecule has 2 aromatic rings. The molecule has 3 rings (SSSR count). The number of ether oxygens (including phenoxy) is 1. The number of nitrogens with one attached hydrogen (secondary N) is 2. The van der Waals surface area contributed by atoms with Crippen LogP contribution in [-0.4, -0.2) is 51.1 Å². The molecule has 1 atom stereocenters. The smallest absolute Gasteiger partial charge is 0.410 e. The van der Waals surface area contributed by atoms with Crippen LogP contribution in [0.1, 0.15) is 33.6 Å². The van der Waals surface area contributed by atoms with Crippen LogP contribution in [-0.2, 0) is 4.74 Å². The number of halogens is 2. The van der Waals surface area contributed by atoms with Crippen LogP contribution < -0.4 is 10.6 Å². The largest absolute Gasteiger partial charge is 0.444 e. The van der Waals surface area contributed by atoms with Crippen molar-refractivity contribution in [2.75, 3.05) is 30.3 Å². The number of rotatable bonds is 6. The molecule has 1 saturated heterocycles. The van der Waals surface area contributed by atoms with E-state index < -0.39 is 10.5 Å². The molecule has 0 aliphatic carbocycles. The van der Waals surface area contributed by atoms with Crippen LogP contribution in [0.4, 0.5) is 27.9 Å². The first kappa shape index (κ1) is 24.8. The first-order valence-corrected chi connectivity index (χ1v) is 11.2. The fraction of sp³-hybridized carbons (Fsp3) is 0.476. The molecular formula is C21H26Cl2N6O4. The summed E-state index contributed by atoms with van der Waals surface area (Å²) in [6.07, 6.45) is 2.48. The van der Waals surface area contributed by atoms with Crippen molar-refractivity contribution in [1.29, 1.82) is 0 Å². The molecule has 1 unspecified atom stereocenters. The molecule has 1 amide bonds. The highest BCUT2D eigenvalue weighted by Crippen LogP contribution is 2.28. The Labute approximate surface area is 201 Å². The number of carbonyl (C=O) groups excluding carboxylic acids is 1. The zero-order valence-corrected chi connectivity index (χ0v) is 20.1. The van der Waals surface area contributed by atoms with Gasteiger partial charge < -0.3 is 20.3 Å². The average Bonchev–Trinajstić information content (AvgIpc) is 2.74. The summed E-state index contributed by atoms with van der Waals surface area (Å²) in [6, 6.07) is 4.92. The molecule has 1 aromatic heterocycles. The van der Waals surface area contributed by atoms with Crippen molar-refractivity contribution in [3.63, 3.8) is 0 Å². The van der Waals surface area contributed by atoms with E-state index in [0.29, 0.717) is 35.4 Å². The van der Waals surface area contributed by atoms with E-state index in [9.17, 15) is 14.9 Å². The maximum atomic E-state index is 12.4. The fourth-order valence-electron chi connectivity index (χ4n) is 3.37. The summed E-state index contributed by atoms with van der Waals surface area (Å²) in [4.78, 5) is 33.3. The van der Waals surface area contributed by atoms with E-state index in [0.717, 1.165) is 19.0 Å². The highest BCUT2D eigenvalue weighted by Gasteiger charge is 2.28. The minimum Gasteiger partial charge on any atom is -0.444 e. The van der Waals surface area contributed by atoms with Crippen LogP contribution in [0.2, 0.25) is 10.0 Å². The van der Waals surface area contributed by atoms with E-state index in [4.69, 9.17) is 27.9 Å². The molecule has 33 heavy (non-hydrogen) atoms. The predicted molar refractivity (Wildman–Crippen MR) is 127 cm³/mol. The lowest BCUT2D eigenvalue weighted by molar-refractivity contribution is -0.384. The zero-order chi connectivity index (χ0) is 24.2. The normalized spacial score (nSPS) is 16.3. The quantitative estimate of drug-likeness (QED) is 0.397. The van der Waals surface area contributed by atoms with Crippen molar-refractivity contribution in [3.05, 3.63) is 44.6 Å². The van der Waals surface area contributed by atoms with Gasteiger partial charge in [0.25, 0.3) is 0 Å². The maximum Gasteiger partial charge on any atom is 0.410 e. The summed E-state index contributed by atoms with van der Waals surface area (Å²) in [5, 5.41) is 18.2. The number of hydrogen-bond acceptors (Lipinski definition) is 8. The van der Waals surface area contributed by atoms with E-state index in [2.05, 4.69) is 20.6 Å². The van der Waals surface area contributed by atoms with E-state index in [1.165, 1.54) is 0 Å². The predicted octanol–water partition coefficient (Wildman–Crippen LogP) is 5.49. The first-order valence-electron chi connectivity index (χ1n) is 10.5. The van der Waals surface area contributed by atoms with Gasteiger partial charge in [0, 0.05) is 25.3 Å². The second-order valence-electron chi connectivity index (χ2n) is 8.75. The molecule has 178 valence electrons. The molecule has 2 heterocycles. The molecule has 10 nitrogen and oxygen atoms in total. The fourth-order valence-corrected chi connectivity index (χ4v) is 3.67. The number of carbonyl (C=O) groups is 1. The van der Waals surface area contributed by atoms with Gasteiger partial charge in [-0.3, -0.25) is 10.1 Å². The number of aromatic nitrogens is 2. The third kappa shape index (κ3) is 7.06. The van der Waals surface area contributed by atoms with Gasteiger partial charge in [0.05, 0.1) is 15.0 Å². The molecule has 1 aliphatic rings. The van der Waals surface area contributed by atoms with Crippen molar-refractivity contribution in [3.8, 4) is 0 Å². The number of nitro groups is 1. The summed E-state index contributed by atoms with van der Waals surface area (Å²) in [5.74, 6) is 0.347. The minimum absolute atomic E-state index is 0.0898. The molecule has 1 fully saturated rings. The Morgan fingerprint density at radius 2 is 2.09 bits per heavy atom. The Morgan fingerprint density at radius 3 is 2.76 bits per heavy atom. The van der Waals surface area contributed by atoms with Crippen molar-refractivity contribution in [2.24, 2.45) is 5.92 Å². The van der Waals surface area contributed by atoms with Crippen molar-refractivity contribution < 1.29 is 14.5 Å². The van der Waals surface area contributed by atoms with Gasteiger partial charge in [0.15, 0.2) is 0 Å². The van der Waals surface area contributed by atoms with Gasteiger partial charge in [-0.2, -0.15) is 4.98 Å². The molecule has 0 radical (unpaired) electrons. The van der Waals surface area contributed by atoms with Crippen LogP contribution >= 0.6 is 23.2 Å². The Kier molecular flexibility index (Phi) is 7.80. The minimum atomic E-state index is -0.568. The Bertz CT molecular complexity index is 1030. The molecule has 0 bridgehead atoms. The number of piperidine rings is 1. The number of benzene rings is 1. The molecule has 12 heteroatoms. The van der Waals surface area contributed by atoms with Gasteiger partial charge in [0.1, 0.15) is 11.8 Å². The zero-order valence-electron chi connectivity index (χ0n) is 18.6. The molecule has 1 aliphatic heterocycles. The third-order valence-electron chi connectivity index (χ3n) is 4.87. The van der Waals surface area contributed by atoms with Crippen molar-refractivity contribution in [2.45, 2.75) is 39.2 Å². The molecular weight excluding hydrogens is 471 g/mol. The molecule has 0 saturated carbocycles. The second-order valence-corrected chi connectivity index (χ2v) is 9.57. The van der Waals surface area contributed by atoms with Gasteiger partial charge in [-0.25, -0.2) is 9.78 Å². The topological polar surface area (TPSA) is 123 Å². The van der Waals surface area contributed by atoms with Gasteiger partial charge in [-0.15, -0.1) is 0 Å². The summed E-state index contributed by atoms with van der Waals surface area (Å²) in [6.45, 7) is 7.00. The summed E-state index contributed by atoms with van der Waals surface area (Å²) < 4.78 is 5.46. The average molecular weight is 497 g/mol. The van der Waals surface area contributed by atoms with Gasteiger partial charge in [-0.05, 0) is 57.7 Å². The SMILES string of the molecule is CC(C)(C)OC(=O)N1CCCC(CNc2nc(Nc3ccc(Cl)c(Cl)c3)ncc2[N+](=O)[O-])C1. The summed E-state index contributed by atoms with van der Waals surface area (Å²) >= 11 is 12.0. The van der Waals surface area contributed by atoms with Gasteiger partial charge >= 0.3 is 11.8 Å². The van der Waals surface area contributed by atoms with E-state index in [1.807, 2.05) is 20.8 Å². The Hall–Kier alpha value is -2.85. The lowest BCUT2D eigenvalue weighted by Crippen LogP contribution is -2.44. The Balaban J connectivity index is 1.68. The van der Waals surface area contributed by atoms with E-state index >= 15 is 0 Å². The van der Waals surface area contributed by atoms with Gasteiger partial charge in [-0.1, -0.05) is 23.2 Å². The second kappa shape index (κ2) is 10.4. The number of likely N-dealkylation sites (tertiary alicyclic amines) is 1. The third-order valence-corrected chi connectivity index (χ3v) is 5.61. The van der Waals surface area contributed by atoms with Crippen LogP contribution in [0.15, 0.2) is 24.4 Å². The van der Waals surface area contributed by atoms with Crippen LogP contribution in [0.3, 0.4) is 0 Å². The number of amides is 1. The van der Waals surface area contributed by atoms with Crippen LogP contribution in [0.5, 0.6) is 0 Å². The number of anilines is 3. The van der Waals surface area contributed by atoms with Crippen molar-refractivity contribution >= 4 is 52.4 Å². The highest BCUT2D eigenvalue weighted by atomic mass is 35.5. The molecule has 1 aromatic carbocycles. The lowest BCUT2D eigenvalue weighted by atomic mass is 9.98. The highest BCUT2D eigenvalue weighted by molar-refractivity contribution is 6.42. The number of hydrogen-bond donors (Lipinski definition) is 2. The van der Waals surface area contributed by atoms with Crippen LogP contribution in [0, 0.1) is 16.0 Å². The maximum absolute atomic E-state index is 12.4. The van der Waals surface area contributed by atoms with Gasteiger partial charge in [0.2, 0.25) is 11.8 Å². The van der Waals surface area contributed by atoms with E-state index in [-0.39, 0.29) is 29.5 Å². The van der Waals surface area contributed by atoms with Crippen molar-refractivity contribution in [1.82, 2.24) is 14.9 Å². The molecule has 2 N–H and O–H groups in total. The standard InChI is InChI=1S/C21H26Cl2N6O4/c1-21(2,3)33-20(30)28-8-4-5-13(12-28)10-24-18-17(29(31)32)11-25-19(27-18)26-14-6-7-15(22)16(23)9-14/h6-7,9,11,13H,4-5,8,10,12H2,1-3H3,(H2,24,25,26,27).